The third kappa shape index (κ3) is 37.1. The van der Waals surface area contributed by atoms with Crippen LogP contribution in [0.3, 0.4) is 0 Å². The van der Waals surface area contributed by atoms with Crippen molar-refractivity contribution in [2.45, 2.75) is 142 Å². The first-order valence-electron chi connectivity index (χ1n) is 13.6. The lowest BCUT2D eigenvalue weighted by Crippen LogP contribution is -2.23. The summed E-state index contributed by atoms with van der Waals surface area (Å²) in [5.41, 5.74) is 0. The molecule has 0 aromatic rings. The second kappa shape index (κ2) is 30.4. The largest absolute Gasteiger partial charge is 0.481 e. The van der Waals surface area contributed by atoms with Gasteiger partial charge in [0.25, 0.3) is 0 Å². The van der Waals surface area contributed by atoms with Gasteiger partial charge in [0, 0.05) is 12.8 Å². The van der Waals surface area contributed by atoms with Crippen molar-refractivity contribution >= 4 is 17.9 Å². The first-order chi connectivity index (χ1) is 16.7. The zero-order chi connectivity index (χ0) is 27.3. The van der Waals surface area contributed by atoms with Gasteiger partial charge in [-0.25, -0.2) is 0 Å². The summed E-state index contributed by atoms with van der Waals surface area (Å²) in [6.07, 6.45) is 15.8. The van der Waals surface area contributed by atoms with E-state index in [1.54, 1.807) is 0 Å². The van der Waals surface area contributed by atoms with Gasteiger partial charge in [0.1, 0.15) is 0 Å². The summed E-state index contributed by atoms with van der Waals surface area (Å²) in [6, 6.07) is 0. The third-order valence-electron chi connectivity index (χ3n) is 5.51. The van der Waals surface area contributed by atoms with Crippen LogP contribution in [0.15, 0.2) is 0 Å². The standard InChI is InChI=1S/C11H22O4.2C8H16O2/c1-2-3-4-5-6-9(11(14)15)7-10(13)8-12;2*1-2-3-4-5-6-7-8(9)10/h9-10,12-13H,2-8H2,1H3,(H,14,15);2*2-7H2,1H3,(H,9,10). The molecule has 0 aromatic carbocycles. The lowest BCUT2D eigenvalue weighted by Gasteiger charge is -2.14. The van der Waals surface area contributed by atoms with Crippen LogP contribution in [0.2, 0.25) is 0 Å². The van der Waals surface area contributed by atoms with Crippen molar-refractivity contribution < 1.29 is 39.9 Å². The lowest BCUT2D eigenvalue weighted by atomic mass is 9.95. The van der Waals surface area contributed by atoms with Gasteiger partial charge in [-0.2, -0.15) is 0 Å². The van der Waals surface area contributed by atoms with Gasteiger partial charge in [0.15, 0.2) is 0 Å². The second-order valence-electron chi connectivity index (χ2n) is 9.07. The van der Waals surface area contributed by atoms with Gasteiger partial charge in [-0.15, -0.1) is 0 Å². The minimum absolute atomic E-state index is 0.151. The van der Waals surface area contributed by atoms with Gasteiger partial charge >= 0.3 is 17.9 Å². The Morgan fingerprint density at radius 2 is 0.971 bits per heavy atom. The molecule has 2 unspecified atom stereocenters. The normalized spacial score (nSPS) is 11.9. The maximum absolute atomic E-state index is 10.8. The van der Waals surface area contributed by atoms with E-state index in [0.29, 0.717) is 19.3 Å². The van der Waals surface area contributed by atoms with Gasteiger partial charge in [-0.1, -0.05) is 97.8 Å². The average molecular weight is 507 g/mol. The molecule has 0 aromatic heterocycles. The summed E-state index contributed by atoms with van der Waals surface area (Å²) in [5.74, 6) is -2.74. The molecular weight excluding hydrogens is 452 g/mol. The molecule has 35 heavy (non-hydrogen) atoms. The van der Waals surface area contributed by atoms with E-state index in [1.165, 1.54) is 38.5 Å². The monoisotopic (exact) mass is 506 g/mol. The minimum atomic E-state index is -0.905. The first kappa shape index (κ1) is 37.9. The minimum Gasteiger partial charge on any atom is -0.481 e. The summed E-state index contributed by atoms with van der Waals surface area (Å²) in [6.45, 7) is 6.04. The summed E-state index contributed by atoms with van der Waals surface area (Å²) >= 11 is 0. The Morgan fingerprint density at radius 1 is 0.600 bits per heavy atom. The van der Waals surface area contributed by atoms with E-state index in [9.17, 15) is 14.4 Å². The van der Waals surface area contributed by atoms with Gasteiger partial charge in [-0.05, 0) is 25.7 Å². The molecule has 2 atom stereocenters. The van der Waals surface area contributed by atoms with Crippen LogP contribution in [0.25, 0.3) is 0 Å². The Labute approximate surface area is 213 Å². The molecule has 0 bridgehead atoms. The first-order valence-corrected chi connectivity index (χ1v) is 13.6. The van der Waals surface area contributed by atoms with Gasteiger partial charge in [0.2, 0.25) is 0 Å². The van der Waals surface area contributed by atoms with E-state index >= 15 is 0 Å². The third-order valence-corrected chi connectivity index (χ3v) is 5.51. The van der Waals surface area contributed by atoms with E-state index in [0.717, 1.165) is 51.4 Å². The smallest absolute Gasteiger partial charge is 0.306 e. The highest BCUT2D eigenvalue weighted by molar-refractivity contribution is 5.70. The molecule has 0 heterocycles. The number of unbranched alkanes of at least 4 members (excludes halogenated alkanes) is 11. The van der Waals surface area contributed by atoms with Gasteiger partial charge < -0.3 is 25.5 Å². The highest BCUT2D eigenvalue weighted by Gasteiger charge is 2.20. The van der Waals surface area contributed by atoms with Crippen molar-refractivity contribution in [3.8, 4) is 0 Å². The van der Waals surface area contributed by atoms with Crippen LogP contribution >= 0.6 is 0 Å². The highest BCUT2D eigenvalue weighted by atomic mass is 16.4. The Bertz CT molecular complexity index is 458. The maximum Gasteiger partial charge on any atom is 0.306 e. The molecule has 0 amide bonds. The molecule has 0 aliphatic heterocycles. The molecule has 0 aliphatic carbocycles. The number of aliphatic hydroxyl groups excluding tert-OH is 2. The zero-order valence-corrected chi connectivity index (χ0v) is 22.6. The average Bonchev–Trinajstić information content (AvgIpc) is 2.81. The van der Waals surface area contributed by atoms with Crippen molar-refractivity contribution in [2.24, 2.45) is 5.92 Å². The van der Waals surface area contributed by atoms with Crippen LogP contribution in [0.5, 0.6) is 0 Å². The molecule has 0 rings (SSSR count). The van der Waals surface area contributed by atoms with Crippen molar-refractivity contribution in [1.82, 2.24) is 0 Å². The Kier molecular flexibility index (Phi) is 32.9. The van der Waals surface area contributed by atoms with Crippen LogP contribution in [0.1, 0.15) is 136 Å². The number of carboxylic acids is 3. The molecule has 210 valence electrons. The number of rotatable bonds is 21. The predicted molar refractivity (Wildman–Crippen MR) is 140 cm³/mol. The van der Waals surface area contributed by atoms with E-state index in [4.69, 9.17) is 25.5 Å². The van der Waals surface area contributed by atoms with Gasteiger partial charge in [-0.3, -0.25) is 14.4 Å². The number of carboxylic acid groups (broad SMARTS) is 3. The summed E-state index contributed by atoms with van der Waals surface area (Å²) in [4.78, 5) is 30.9. The Morgan fingerprint density at radius 3 is 1.29 bits per heavy atom. The van der Waals surface area contributed by atoms with Gasteiger partial charge in [0.05, 0.1) is 18.6 Å². The van der Waals surface area contributed by atoms with Crippen molar-refractivity contribution in [3.63, 3.8) is 0 Å². The van der Waals surface area contributed by atoms with E-state index in [2.05, 4.69) is 20.8 Å². The Balaban J connectivity index is -0.000000454. The number of aliphatic carboxylic acids is 3. The number of aliphatic hydroxyl groups is 2. The summed E-state index contributed by atoms with van der Waals surface area (Å²) < 4.78 is 0. The van der Waals surface area contributed by atoms with Crippen LogP contribution in [0.4, 0.5) is 0 Å². The summed E-state index contributed by atoms with van der Waals surface area (Å²) in [7, 11) is 0. The molecule has 8 heteroatoms. The molecule has 0 spiro atoms. The predicted octanol–water partition coefficient (Wildman–Crippen LogP) is 6.26. The molecule has 0 saturated carbocycles. The van der Waals surface area contributed by atoms with Crippen LogP contribution in [-0.2, 0) is 14.4 Å². The molecule has 8 nitrogen and oxygen atoms in total. The number of hydrogen-bond donors (Lipinski definition) is 5. The van der Waals surface area contributed by atoms with Crippen molar-refractivity contribution in [1.29, 1.82) is 0 Å². The molecular formula is C27H54O8. The highest BCUT2D eigenvalue weighted by Crippen LogP contribution is 2.16. The van der Waals surface area contributed by atoms with E-state index < -0.39 is 29.9 Å². The molecule has 5 N–H and O–H groups in total. The molecule has 0 fully saturated rings. The zero-order valence-electron chi connectivity index (χ0n) is 22.6. The molecule has 0 saturated heterocycles. The molecule has 0 aliphatic rings. The number of carbonyl (C=O) groups is 3. The number of hydrogen-bond acceptors (Lipinski definition) is 5. The fourth-order valence-electron chi connectivity index (χ4n) is 3.32. The summed E-state index contributed by atoms with van der Waals surface area (Å²) in [5, 5.41) is 43.2. The maximum atomic E-state index is 10.8. The van der Waals surface area contributed by atoms with Crippen molar-refractivity contribution in [3.05, 3.63) is 0 Å². The molecule has 0 radical (unpaired) electrons. The fraction of sp³-hybridized carbons (Fsp3) is 0.889. The van der Waals surface area contributed by atoms with E-state index in [-0.39, 0.29) is 13.0 Å². The van der Waals surface area contributed by atoms with Crippen LogP contribution < -0.4 is 0 Å². The van der Waals surface area contributed by atoms with Crippen molar-refractivity contribution in [2.75, 3.05) is 6.61 Å². The van der Waals surface area contributed by atoms with Crippen LogP contribution in [-0.4, -0.2) is 56.2 Å². The second-order valence-corrected chi connectivity index (χ2v) is 9.07. The topological polar surface area (TPSA) is 152 Å². The SMILES string of the molecule is CCCCCCC(CC(O)CO)C(=O)O.CCCCCCCC(=O)O.CCCCCCCC(=O)O. The fourth-order valence-corrected chi connectivity index (χ4v) is 3.32. The van der Waals surface area contributed by atoms with E-state index in [1.807, 2.05) is 0 Å². The Hall–Kier alpha value is -1.67. The quantitative estimate of drug-likeness (QED) is 0.114. The van der Waals surface area contributed by atoms with Crippen LogP contribution in [0, 0.1) is 5.92 Å². The lowest BCUT2D eigenvalue weighted by molar-refractivity contribution is -0.143.